The van der Waals surface area contributed by atoms with Gasteiger partial charge >= 0.3 is 5.97 Å². The summed E-state index contributed by atoms with van der Waals surface area (Å²) in [7, 11) is 2.13. The van der Waals surface area contributed by atoms with Crippen molar-refractivity contribution >= 4 is 17.7 Å². The van der Waals surface area contributed by atoms with Crippen LogP contribution in [0.4, 0.5) is 0 Å². The minimum atomic E-state index is -1.72. The number of aliphatic hydroxyl groups is 3. The van der Waals surface area contributed by atoms with Gasteiger partial charge in [0.05, 0.1) is 5.25 Å². The van der Waals surface area contributed by atoms with Crippen molar-refractivity contribution in [1.82, 2.24) is 4.90 Å². The SMILES string of the molecule is CN1CCC23c4c5ccc(O)c4OC2C(S[C@@H]2O[C@H](C(=O)O)[C@@H](O)[C@H](O)[C@H]2O)C=CC3C1C5. The molecule has 0 saturated carbocycles. The number of benzene rings is 1. The molecule has 0 radical (unpaired) electrons. The second-order valence-corrected chi connectivity index (χ2v) is 11.1. The molecule has 1 aromatic rings. The molecule has 1 spiro atoms. The summed E-state index contributed by atoms with van der Waals surface area (Å²) in [6, 6.07) is 3.96. The molecule has 0 aromatic heterocycles. The Kier molecular flexibility index (Phi) is 4.82. The first-order valence-corrected chi connectivity index (χ1v) is 12.2. The summed E-state index contributed by atoms with van der Waals surface area (Å²) in [5.41, 5.74) is 0.837. The molecule has 2 saturated heterocycles. The molecule has 0 amide bonds. The van der Waals surface area contributed by atoms with E-state index in [9.17, 15) is 30.3 Å². The van der Waals surface area contributed by atoms with E-state index in [-0.39, 0.29) is 28.4 Å². The monoisotopic (exact) mass is 477 g/mol. The standard InChI is InChI=1S/C23H27NO8S/c1-24-7-6-23-10-3-5-13(33-22-17(28)15(26)16(27)19(32-22)21(29)30)20(23)31-18-12(25)4-2-9(14(18)23)8-11(10)24/h2-5,10-11,13,15-17,19-20,22,25-28H,6-8H2,1H3,(H,29,30)/t10?,11?,13?,15-,16-,17+,19-,20?,22-,23?/m0/s1. The fraction of sp³-hybridized carbons (Fsp3) is 0.609. The lowest BCUT2D eigenvalue weighted by molar-refractivity contribution is -0.209. The van der Waals surface area contributed by atoms with Crippen LogP contribution in [0, 0.1) is 5.92 Å². The number of rotatable bonds is 3. The lowest BCUT2D eigenvalue weighted by Gasteiger charge is -2.57. The number of carboxylic acids is 1. The first-order valence-electron chi connectivity index (χ1n) is 11.2. The summed E-state index contributed by atoms with van der Waals surface area (Å²) in [5, 5.41) is 50.5. The van der Waals surface area contributed by atoms with Crippen LogP contribution < -0.4 is 4.74 Å². The Bertz CT molecular complexity index is 1030. The van der Waals surface area contributed by atoms with Gasteiger partial charge in [0.25, 0.3) is 0 Å². The second kappa shape index (κ2) is 7.34. The van der Waals surface area contributed by atoms with Crippen molar-refractivity contribution in [1.29, 1.82) is 0 Å². The number of likely N-dealkylation sites (N-methyl/N-ethyl adjacent to an activating group) is 1. The number of hydrogen-bond acceptors (Lipinski definition) is 9. The molecule has 2 aliphatic carbocycles. The summed E-state index contributed by atoms with van der Waals surface area (Å²) in [4.78, 5) is 13.9. The zero-order valence-corrected chi connectivity index (χ0v) is 18.8. The van der Waals surface area contributed by atoms with E-state index in [1.807, 2.05) is 12.1 Å². The topological polar surface area (TPSA) is 140 Å². The Morgan fingerprint density at radius 1 is 1.18 bits per heavy atom. The molecule has 5 unspecified atom stereocenters. The first-order chi connectivity index (χ1) is 15.7. The Morgan fingerprint density at radius 3 is 2.73 bits per heavy atom. The van der Waals surface area contributed by atoms with Gasteiger partial charge in [-0.05, 0) is 38.1 Å². The summed E-state index contributed by atoms with van der Waals surface area (Å²) in [5.74, 6) is -0.578. The Balaban J connectivity index is 1.38. The van der Waals surface area contributed by atoms with Crippen LogP contribution in [0.3, 0.4) is 0 Å². The largest absolute Gasteiger partial charge is 0.504 e. The quantitative estimate of drug-likeness (QED) is 0.373. The van der Waals surface area contributed by atoms with Gasteiger partial charge in [-0.3, -0.25) is 0 Å². The highest BCUT2D eigenvalue weighted by Crippen LogP contribution is 2.63. The molecule has 10 atom stereocenters. The lowest BCUT2D eigenvalue weighted by Crippen LogP contribution is -2.65. The third kappa shape index (κ3) is 2.82. The van der Waals surface area contributed by atoms with E-state index >= 15 is 0 Å². The normalized spacial score (nSPS) is 45.4. The summed E-state index contributed by atoms with van der Waals surface area (Å²) in [6.45, 7) is 0.884. The number of aliphatic hydroxyl groups excluding tert-OH is 3. The average molecular weight is 478 g/mol. The van der Waals surface area contributed by atoms with Crippen molar-refractivity contribution in [2.24, 2.45) is 5.92 Å². The zero-order valence-electron chi connectivity index (χ0n) is 17.9. The number of carboxylic acid groups (broad SMARTS) is 1. The molecule has 5 N–H and O–H groups in total. The maximum atomic E-state index is 11.5. The molecule has 10 heteroatoms. The number of aromatic hydroxyl groups is 1. The number of phenolic OH excluding ortho intramolecular Hbond substituents is 1. The maximum absolute atomic E-state index is 11.5. The fourth-order valence-corrected chi connectivity index (χ4v) is 8.09. The highest BCUT2D eigenvalue weighted by Gasteiger charge is 2.65. The number of likely N-dealkylation sites (tertiary alicyclic amines) is 1. The van der Waals surface area contributed by atoms with Crippen molar-refractivity contribution in [3.63, 3.8) is 0 Å². The third-order valence-corrected chi connectivity index (χ3v) is 9.61. The van der Waals surface area contributed by atoms with E-state index in [2.05, 4.69) is 18.0 Å². The molecule has 9 nitrogen and oxygen atoms in total. The molecule has 178 valence electrons. The molecule has 2 bridgehead atoms. The molecule has 3 aliphatic heterocycles. The van der Waals surface area contributed by atoms with Crippen molar-refractivity contribution in [2.45, 2.75) is 65.5 Å². The van der Waals surface area contributed by atoms with Gasteiger partial charge in [0.2, 0.25) is 0 Å². The van der Waals surface area contributed by atoms with Crippen LogP contribution in [0.25, 0.3) is 0 Å². The van der Waals surface area contributed by atoms with Crippen LogP contribution in [0.5, 0.6) is 11.5 Å². The molecule has 3 heterocycles. The smallest absolute Gasteiger partial charge is 0.335 e. The summed E-state index contributed by atoms with van der Waals surface area (Å²) < 4.78 is 12.0. The number of phenols is 1. The van der Waals surface area contributed by atoms with Gasteiger partial charge in [0.1, 0.15) is 29.9 Å². The van der Waals surface area contributed by atoms with Crippen LogP contribution in [0.15, 0.2) is 24.3 Å². The number of aliphatic carboxylic acids is 1. The first kappa shape index (κ1) is 21.7. The third-order valence-electron chi connectivity index (χ3n) is 8.23. The highest BCUT2D eigenvalue weighted by molar-refractivity contribution is 8.00. The van der Waals surface area contributed by atoms with Gasteiger partial charge in [-0.25, -0.2) is 4.79 Å². The second-order valence-electron chi connectivity index (χ2n) is 9.78. The molecular formula is C23H27NO8S. The summed E-state index contributed by atoms with van der Waals surface area (Å²) in [6.07, 6.45) is -0.899. The summed E-state index contributed by atoms with van der Waals surface area (Å²) >= 11 is 1.19. The Labute approximate surface area is 194 Å². The van der Waals surface area contributed by atoms with Gasteiger partial charge < -0.3 is 39.9 Å². The van der Waals surface area contributed by atoms with Gasteiger partial charge in [0.15, 0.2) is 17.6 Å². The van der Waals surface area contributed by atoms with E-state index < -0.39 is 35.8 Å². The molecule has 1 aromatic carbocycles. The van der Waals surface area contributed by atoms with Crippen LogP contribution in [-0.4, -0.2) is 97.2 Å². The number of thioether (sulfide) groups is 1. The molecular weight excluding hydrogens is 450 g/mol. The predicted octanol–water partition coefficient (Wildman–Crippen LogP) is -0.169. The molecule has 2 fully saturated rings. The van der Waals surface area contributed by atoms with Crippen LogP contribution >= 0.6 is 11.8 Å². The number of carbonyl (C=O) groups is 1. The van der Waals surface area contributed by atoms with E-state index in [0.717, 1.165) is 24.9 Å². The minimum Gasteiger partial charge on any atom is -0.504 e. The van der Waals surface area contributed by atoms with Crippen LogP contribution in [0.1, 0.15) is 17.5 Å². The van der Waals surface area contributed by atoms with Crippen molar-refractivity contribution in [3.05, 3.63) is 35.4 Å². The Hall–Kier alpha value is -1.82. The minimum absolute atomic E-state index is 0.107. The van der Waals surface area contributed by atoms with Gasteiger partial charge in [-0.2, -0.15) is 0 Å². The number of piperidine rings is 1. The van der Waals surface area contributed by atoms with Crippen molar-refractivity contribution < 1.29 is 39.8 Å². The number of ether oxygens (including phenoxy) is 2. The van der Waals surface area contributed by atoms with Crippen LogP contribution in [-0.2, 0) is 21.4 Å². The van der Waals surface area contributed by atoms with Gasteiger partial charge in [-0.15, -0.1) is 11.8 Å². The zero-order chi connectivity index (χ0) is 23.2. The molecule has 33 heavy (non-hydrogen) atoms. The van der Waals surface area contributed by atoms with Crippen LogP contribution in [0.2, 0.25) is 0 Å². The number of hydrogen-bond donors (Lipinski definition) is 5. The van der Waals surface area contributed by atoms with Gasteiger partial charge in [0, 0.05) is 22.9 Å². The maximum Gasteiger partial charge on any atom is 0.335 e. The van der Waals surface area contributed by atoms with E-state index in [4.69, 9.17) is 9.47 Å². The number of nitrogens with zero attached hydrogens (tertiary/aromatic N) is 1. The Morgan fingerprint density at radius 2 is 1.97 bits per heavy atom. The van der Waals surface area contributed by atoms with E-state index in [1.54, 1.807) is 6.07 Å². The van der Waals surface area contributed by atoms with E-state index in [0.29, 0.717) is 11.8 Å². The van der Waals surface area contributed by atoms with Gasteiger partial charge in [-0.1, -0.05) is 18.2 Å². The lowest BCUT2D eigenvalue weighted by atomic mass is 9.53. The highest BCUT2D eigenvalue weighted by atomic mass is 32.2. The molecule has 6 rings (SSSR count). The van der Waals surface area contributed by atoms with Crippen molar-refractivity contribution in [2.75, 3.05) is 13.6 Å². The van der Waals surface area contributed by atoms with E-state index in [1.165, 1.54) is 17.3 Å². The van der Waals surface area contributed by atoms with Crippen molar-refractivity contribution in [3.8, 4) is 11.5 Å². The fourth-order valence-electron chi connectivity index (χ4n) is 6.66. The molecule has 5 aliphatic rings. The average Bonchev–Trinajstić information content (AvgIpc) is 3.14. The predicted molar refractivity (Wildman–Crippen MR) is 117 cm³/mol.